The number of H-pyrrole nitrogens is 1. The van der Waals surface area contributed by atoms with Crippen LogP contribution in [0.15, 0.2) is 78.2 Å². The number of benzene rings is 2. The Hall–Kier alpha value is -5.66. The first-order valence-electron chi connectivity index (χ1n) is 14.2. The molecule has 14 heteroatoms. The number of guanidine groups is 1. The molecule has 14 nitrogen and oxygen atoms in total. The summed E-state index contributed by atoms with van der Waals surface area (Å²) >= 11 is 0. The van der Waals surface area contributed by atoms with Gasteiger partial charge < -0.3 is 42.9 Å². The number of aliphatic imine (C=N–C) groups is 1. The van der Waals surface area contributed by atoms with E-state index in [4.69, 9.17) is 21.9 Å². The van der Waals surface area contributed by atoms with Crippen molar-refractivity contribution in [2.45, 2.75) is 43.8 Å². The van der Waals surface area contributed by atoms with E-state index in [1.165, 1.54) is 18.6 Å². The van der Waals surface area contributed by atoms with Crippen LogP contribution in [0.5, 0.6) is 5.75 Å². The van der Waals surface area contributed by atoms with Gasteiger partial charge in [0.25, 0.3) is 0 Å². The van der Waals surface area contributed by atoms with Crippen LogP contribution in [0.4, 0.5) is 0 Å². The van der Waals surface area contributed by atoms with Gasteiger partial charge in [-0.25, -0.2) is 4.98 Å². The second-order valence-corrected chi connectivity index (χ2v) is 10.1. The Balaban J connectivity index is 1.77. The van der Waals surface area contributed by atoms with E-state index in [2.05, 4.69) is 30.9 Å². The summed E-state index contributed by atoms with van der Waals surface area (Å²) in [6, 6.07) is 12.9. The lowest BCUT2D eigenvalue weighted by molar-refractivity contribution is -0.132. The first-order chi connectivity index (χ1) is 21.6. The number of primary amides is 1. The van der Waals surface area contributed by atoms with E-state index in [0.29, 0.717) is 17.9 Å². The molecule has 0 saturated heterocycles. The lowest BCUT2D eigenvalue weighted by Crippen LogP contribution is -2.57. The van der Waals surface area contributed by atoms with E-state index < -0.39 is 41.8 Å². The molecule has 3 rings (SSSR count). The Kier molecular flexibility index (Phi) is 13.1. The fourth-order valence-corrected chi connectivity index (χ4v) is 4.33. The predicted molar refractivity (Wildman–Crippen MR) is 169 cm³/mol. The molecule has 0 fully saturated rings. The van der Waals surface area contributed by atoms with E-state index in [9.17, 15) is 19.2 Å². The number of nitrogens with one attached hydrogen (secondary N) is 4. The third kappa shape index (κ3) is 11.9. The number of amides is 4. The van der Waals surface area contributed by atoms with Crippen LogP contribution in [0.1, 0.15) is 29.7 Å². The Morgan fingerprint density at radius 2 is 1.58 bits per heavy atom. The Labute approximate surface area is 260 Å². The van der Waals surface area contributed by atoms with Crippen molar-refractivity contribution in [2.24, 2.45) is 22.2 Å². The molecule has 2 aromatic carbocycles. The monoisotopic (exact) mass is 617 g/mol. The molecule has 0 aliphatic rings. The number of imidazole rings is 1. The van der Waals surface area contributed by atoms with E-state index in [-0.39, 0.29) is 31.8 Å². The SMILES string of the molecule is COc1ccc(/C=C/C(=O)N[C@@H](Cc2cnc[nH]2)C(=O)N[C@H](Cc2ccccc2)C(=O)N[C@H](CCCN=C(N)N)C(N)=O)cc1. The van der Waals surface area contributed by atoms with Gasteiger partial charge in [-0.3, -0.25) is 24.2 Å². The largest absolute Gasteiger partial charge is 0.497 e. The average molecular weight is 618 g/mol. The minimum absolute atomic E-state index is 0.0718. The fourth-order valence-electron chi connectivity index (χ4n) is 4.33. The molecule has 0 saturated carbocycles. The number of aromatic nitrogens is 2. The predicted octanol–water partition coefficient (Wildman–Crippen LogP) is -0.0898. The van der Waals surface area contributed by atoms with Gasteiger partial charge in [-0.05, 0) is 42.2 Å². The van der Waals surface area contributed by atoms with Crippen molar-refractivity contribution in [1.29, 1.82) is 0 Å². The van der Waals surface area contributed by atoms with E-state index in [1.54, 1.807) is 61.7 Å². The summed E-state index contributed by atoms with van der Waals surface area (Å²) in [5, 5.41) is 8.10. The minimum atomic E-state index is -1.10. The van der Waals surface area contributed by atoms with Crippen molar-refractivity contribution in [2.75, 3.05) is 13.7 Å². The van der Waals surface area contributed by atoms with Crippen molar-refractivity contribution in [3.05, 3.63) is 90.0 Å². The van der Waals surface area contributed by atoms with Crippen LogP contribution in [-0.2, 0) is 32.0 Å². The zero-order chi connectivity index (χ0) is 32.6. The number of rotatable bonds is 17. The molecule has 0 spiro atoms. The van der Waals surface area contributed by atoms with Gasteiger partial charge >= 0.3 is 0 Å². The fraction of sp³-hybridized carbons (Fsp3) is 0.290. The topological polar surface area (TPSA) is 233 Å². The molecule has 3 aromatic rings. The number of carbonyl (C=O) groups is 4. The summed E-state index contributed by atoms with van der Waals surface area (Å²) in [4.78, 5) is 62.9. The number of nitrogens with two attached hydrogens (primary N) is 3. The van der Waals surface area contributed by atoms with Crippen LogP contribution in [0.25, 0.3) is 6.08 Å². The number of methoxy groups -OCH3 is 1. The van der Waals surface area contributed by atoms with Crippen LogP contribution < -0.4 is 37.9 Å². The Morgan fingerprint density at radius 3 is 2.18 bits per heavy atom. The maximum absolute atomic E-state index is 13.6. The summed E-state index contributed by atoms with van der Waals surface area (Å²) in [6.07, 6.45) is 6.65. The number of ether oxygens (including phenoxy) is 1. The van der Waals surface area contributed by atoms with Gasteiger partial charge in [-0.15, -0.1) is 0 Å². The highest BCUT2D eigenvalue weighted by Gasteiger charge is 2.29. The second kappa shape index (κ2) is 17.5. The van der Waals surface area contributed by atoms with Gasteiger partial charge in [0, 0.05) is 37.4 Å². The molecule has 4 amide bonds. The maximum Gasteiger partial charge on any atom is 0.244 e. The van der Waals surface area contributed by atoms with Crippen LogP contribution in [0, 0.1) is 0 Å². The van der Waals surface area contributed by atoms with Gasteiger partial charge in [0.05, 0.1) is 13.4 Å². The van der Waals surface area contributed by atoms with Gasteiger partial charge in [0.15, 0.2) is 5.96 Å². The lowest BCUT2D eigenvalue weighted by Gasteiger charge is -2.24. The molecule has 10 N–H and O–H groups in total. The van der Waals surface area contributed by atoms with Crippen molar-refractivity contribution in [3.63, 3.8) is 0 Å². The standard InChI is InChI=1S/C31H39N9O5/c1-45-23-12-9-20(10-13-23)11-14-27(41)38-26(17-22-18-35-19-37-22)30(44)40-25(16-21-6-3-2-4-7-21)29(43)39-24(28(32)42)8-5-15-36-31(33)34/h2-4,6-7,9-14,18-19,24-26H,5,8,15-17H2,1H3,(H2,32,42)(H,35,37)(H,38,41)(H,39,43)(H,40,44)(H4,33,34,36)/b14-11+/t24-,25-,26+/m1/s1. The maximum atomic E-state index is 13.6. The van der Waals surface area contributed by atoms with Crippen LogP contribution in [-0.4, -0.2) is 71.3 Å². The number of aromatic amines is 1. The summed E-state index contributed by atoms with van der Waals surface area (Å²) in [6.45, 7) is 0.244. The third-order valence-electron chi connectivity index (χ3n) is 6.68. The molecule has 1 aromatic heterocycles. The number of hydrogen-bond donors (Lipinski definition) is 7. The summed E-state index contributed by atoms with van der Waals surface area (Å²) in [5.74, 6) is -1.92. The van der Waals surface area contributed by atoms with E-state index in [0.717, 1.165) is 11.1 Å². The molecule has 3 atom stereocenters. The van der Waals surface area contributed by atoms with Gasteiger partial charge in [0.1, 0.15) is 23.9 Å². The highest BCUT2D eigenvalue weighted by molar-refractivity contribution is 5.97. The number of nitrogens with zero attached hydrogens (tertiary/aromatic N) is 2. The smallest absolute Gasteiger partial charge is 0.244 e. The highest BCUT2D eigenvalue weighted by atomic mass is 16.5. The molecule has 0 unspecified atom stereocenters. The quantitative estimate of drug-likeness (QED) is 0.0467. The zero-order valence-electron chi connectivity index (χ0n) is 24.9. The van der Waals surface area contributed by atoms with Crippen molar-refractivity contribution in [1.82, 2.24) is 25.9 Å². The molecule has 238 valence electrons. The first-order valence-corrected chi connectivity index (χ1v) is 14.2. The van der Waals surface area contributed by atoms with Crippen LogP contribution in [0.2, 0.25) is 0 Å². The van der Waals surface area contributed by atoms with E-state index >= 15 is 0 Å². The molecular weight excluding hydrogens is 578 g/mol. The Morgan fingerprint density at radius 1 is 0.911 bits per heavy atom. The summed E-state index contributed by atoms with van der Waals surface area (Å²) in [5.41, 5.74) is 18.3. The van der Waals surface area contributed by atoms with Crippen LogP contribution in [0.3, 0.4) is 0 Å². The third-order valence-corrected chi connectivity index (χ3v) is 6.68. The normalized spacial score (nSPS) is 12.8. The molecular formula is C31H39N9O5. The van der Waals surface area contributed by atoms with Gasteiger partial charge in [-0.1, -0.05) is 42.5 Å². The number of carbonyl (C=O) groups excluding carboxylic acids is 4. The molecule has 0 aliphatic heterocycles. The molecule has 0 bridgehead atoms. The lowest BCUT2D eigenvalue weighted by atomic mass is 10.0. The zero-order valence-corrected chi connectivity index (χ0v) is 24.9. The minimum Gasteiger partial charge on any atom is -0.497 e. The van der Waals surface area contributed by atoms with Gasteiger partial charge in [0.2, 0.25) is 23.6 Å². The molecule has 0 aliphatic carbocycles. The van der Waals surface area contributed by atoms with Crippen molar-refractivity contribution >= 4 is 35.7 Å². The Bertz CT molecular complexity index is 1450. The summed E-state index contributed by atoms with van der Waals surface area (Å²) in [7, 11) is 1.56. The van der Waals surface area contributed by atoms with E-state index in [1.807, 2.05) is 6.07 Å². The van der Waals surface area contributed by atoms with Gasteiger partial charge in [-0.2, -0.15) is 0 Å². The number of hydrogen-bond acceptors (Lipinski definition) is 7. The molecule has 1 heterocycles. The summed E-state index contributed by atoms with van der Waals surface area (Å²) < 4.78 is 5.15. The van der Waals surface area contributed by atoms with Crippen molar-refractivity contribution < 1.29 is 23.9 Å². The van der Waals surface area contributed by atoms with Crippen molar-refractivity contribution in [3.8, 4) is 5.75 Å². The average Bonchev–Trinajstić information content (AvgIpc) is 3.54. The molecule has 45 heavy (non-hydrogen) atoms. The van der Waals surface area contributed by atoms with Crippen LogP contribution >= 0.6 is 0 Å². The second-order valence-electron chi connectivity index (χ2n) is 10.1. The first kappa shape index (κ1) is 33.8. The molecule has 0 radical (unpaired) electrons. The highest BCUT2D eigenvalue weighted by Crippen LogP contribution is 2.12.